The molecule has 4 nitrogen and oxygen atoms in total. The van der Waals surface area contributed by atoms with Crippen molar-refractivity contribution < 1.29 is 8.42 Å². The lowest BCUT2D eigenvalue weighted by molar-refractivity contribution is 0.452. The topological polar surface area (TPSA) is 72.2 Å². The van der Waals surface area contributed by atoms with Crippen LogP contribution in [-0.4, -0.2) is 21.0 Å². The van der Waals surface area contributed by atoms with Crippen molar-refractivity contribution in [3.8, 4) is 0 Å². The average Bonchev–Trinajstić information content (AvgIpc) is 2.76. The van der Waals surface area contributed by atoms with Crippen molar-refractivity contribution in [3.63, 3.8) is 0 Å². The molecule has 6 heteroatoms. The van der Waals surface area contributed by atoms with Crippen LogP contribution in [-0.2, 0) is 10.0 Å². The number of sulfonamides is 1. The number of halogens is 1. The number of aryl methyl sites for hydroxylation is 1. The van der Waals surface area contributed by atoms with E-state index in [0.29, 0.717) is 11.4 Å². The molecule has 1 fully saturated rings. The first-order valence-corrected chi connectivity index (χ1v) is 7.81. The maximum Gasteiger partial charge on any atom is 0.241 e. The number of nitrogens with two attached hydrogens (primary N) is 1. The molecule has 0 aliphatic heterocycles. The van der Waals surface area contributed by atoms with Gasteiger partial charge in [-0.1, -0.05) is 24.6 Å². The molecule has 2 atom stereocenters. The second-order valence-corrected chi connectivity index (χ2v) is 6.60. The van der Waals surface area contributed by atoms with Crippen molar-refractivity contribution in [1.29, 1.82) is 0 Å². The number of rotatable bonds is 4. The molecule has 2 rings (SSSR count). The Balaban J connectivity index is 0.00000180. The largest absolute Gasteiger partial charge is 0.330 e. The molecule has 1 aliphatic carbocycles. The van der Waals surface area contributed by atoms with E-state index in [0.717, 1.165) is 24.8 Å². The molecule has 1 aromatic rings. The molecule has 0 saturated heterocycles. The fourth-order valence-electron chi connectivity index (χ4n) is 2.59. The van der Waals surface area contributed by atoms with E-state index in [2.05, 4.69) is 4.72 Å². The molecule has 0 amide bonds. The summed E-state index contributed by atoms with van der Waals surface area (Å²) in [6, 6.07) is 7.02. The van der Waals surface area contributed by atoms with Crippen molar-refractivity contribution >= 4 is 22.4 Å². The van der Waals surface area contributed by atoms with Gasteiger partial charge in [0.1, 0.15) is 0 Å². The summed E-state index contributed by atoms with van der Waals surface area (Å²) in [6.45, 7) is 2.35. The predicted octanol–water partition coefficient (Wildman–Crippen LogP) is 1.82. The van der Waals surface area contributed by atoms with Gasteiger partial charge in [0.05, 0.1) is 4.90 Å². The summed E-state index contributed by atoms with van der Waals surface area (Å²) < 4.78 is 27.4. The SMILES string of the molecule is Cc1ccccc1S(=O)(=O)NC1CCCC1CN.Cl. The second-order valence-electron chi connectivity index (χ2n) is 4.92. The first-order chi connectivity index (χ1) is 8.54. The Bertz CT molecular complexity index is 519. The summed E-state index contributed by atoms with van der Waals surface area (Å²) in [6.07, 6.45) is 2.94. The van der Waals surface area contributed by atoms with Crippen LogP contribution >= 0.6 is 12.4 Å². The van der Waals surface area contributed by atoms with E-state index in [1.54, 1.807) is 12.1 Å². The van der Waals surface area contributed by atoms with Gasteiger partial charge in [0.25, 0.3) is 0 Å². The molecule has 108 valence electrons. The van der Waals surface area contributed by atoms with Crippen LogP contribution in [0.5, 0.6) is 0 Å². The van der Waals surface area contributed by atoms with Crippen LogP contribution in [0.1, 0.15) is 24.8 Å². The summed E-state index contributed by atoms with van der Waals surface area (Å²) in [7, 11) is -3.42. The summed E-state index contributed by atoms with van der Waals surface area (Å²) in [5.41, 5.74) is 6.45. The molecule has 2 unspecified atom stereocenters. The Morgan fingerprint density at radius 2 is 2.00 bits per heavy atom. The van der Waals surface area contributed by atoms with E-state index < -0.39 is 10.0 Å². The van der Waals surface area contributed by atoms with Crippen LogP contribution in [0.2, 0.25) is 0 Å². The average molecular weight is 305 g/mol. The van der Waals surface area contributed by atoms with E-state index in [1.807, 2.05) is 19.1 Å². The zero-order valence-electron chi connectivity index (χ0n) is 11.0. The van der Waals surface area contributed by atoms with Crippen LogP contribution in [0.15, 0.2) is 29.2 Å². The highest BCUT2D eigenvalue weighted by molar-refractivity contribution is 7.89. The summed E-state index contributed by atoms with van der Waals surface area (Å²) in [5.74, 6) is 0.267. The Morgan fingerprint density at radius 3 is 2.63 bits per heavy atom. The van der Waals surface area contributed by atoms with Gasteiger partial charge in [-0.15, -0.1) is 12.4 Å². The van der Waals surface area contributed by atoms with Crippen molar-refractivity contribution in [2.24, 2.45) is 11.7 Å². The van der Waals surface area contributed by atoms with Crippen molar-refractivity contribution in [1.82, 2.24) is 4.72 Å². The number of hydrogen-bond donors (Lipinski definition) is 2. The molecule has 1 aliphatic rings. The third-order valence-electron chi connectivity index (χ3n) is 3.65. The number of hydrogen-bond acceptors (Lipinski definition) is 3. The van der Waals surface area contributed by atoms with Crippen LogP contribution in [0, 0.1) is 12.8 Å². The minimum absolute atomic E-state index is 0. The van der Waals surface area contributed by atoms with Gasteiger partial charge in [-0.05, 0) is 43.9 Å². The lowest BCUT2D eigenvalue weighted by Crippen LogP contribution is -2.40. The van der Waals surface area contributed by atoms with Crippen LogP contribution in [0.4, 0.5) is 0 Å². The van der Waals surface area contributed by atoms with Crippen molar-refractivity contribution in [2.45, 2.75) is 37.1 Å². The second kappa shape index (κ2) is 6.70. The van der Waals surface area contributed by atoms with Gasteiger partial charge in [-0.2, -0.15) is 0 Å². The van der Waals surface area contributed by atoms with E-state index in [1.165, 1.54) is 0 Å². The summed E-state index contributed by atoms with van der Waals surface area (Å²) in [5, 5.41) is 0. The lowest BCUT2D eigenvalue weighted by atomic mass is 10.1. The summed E-state index contributed by atoms with van der Waals surface area (Å²) in [4.78, 5) is 0.368. The first kappa shape index (κ1) is 16.4. The van der Waals surface area contributed by atoms with Gasteiger partial charge in [-0.3, -0.25) is 0 Å². The summed E-state index contributed by atoms with van der Waals surface area (Å²) >= 11 is 0. The molecule has 0 radical (unpaired) electrons. The monoisotopic (exact) mass is 304 g/mol. The molecule has 0 aromatic heterocycles. The highest BCUT2D eigenvalue weighted by Gasteiger charge is 2.30. The zero-order chi connectivity index (χ0) is 13.2. The molecular formula is C13H21ClN2O2S. The first-order valence-electron chi connectivity index (χ1n) is 6.32. The van der Waals surface area contributed by atoms with E-state index in [9.17, 15) is 8.42 Å². The van der Waals surface area contributed by atoms with Crippen LogP contribution in [0.25, 0.3) is 0 Å². The molecule has 3 N–H and O–H groups in total. The maximum absolute atomic E-state index is 12.3. The molecule has 1 saturated carbocycles. The van der Waals surface area contributed by atoms with E-state index in [4.69, 9.17) is 5.73 Å². The normalized spacial score (nSPS) is 23.1. The minimum atomic E-state index is -3.42. The van der Waals surface area contributed by atoms with Gasteiger partial charge in [0, 0.05) is 6.04 Å². The minimum Gasteiger partial charge on any atom is -0.330 e. The standard InChI is InChI=1S/C13H20N2O2S.ClH/c1-10-5-2-3-8-13(10)18(16,17)15-12-7-4-6-11(12)9-14;/h2-3,5,8,11-12,15H,4,6-7,9,14H2,1H3;1H. The molecule has 0 spiro atoms. The third kappa shape index (κ3) is 3.69. The van der Waals surface area contributed by atoms with E-state index in [-0.39, 0.29) is 24.4 Å². The van der Waals surface area contributed by atoms with Gasteiger partial charge in [0.2, 0.25) is 10.0 Å². The Labute approximate surface area is 121 Å². The van der Waals surface area contributed by atoms with E-state index >= 15 is 0 Å². The number of benzene rings is 1. The van der Waals surface area contributed by atoms with Crippen molar-refractivity contribution in [3.05, 3.63) is 29.8 Å². The van der Waals surface area contributed by atoms with Crippen LogP contribution < -0.4 is 10.5 Å². The quantitative estimate of drug-likeness (QED) is 0.891. The third-order valence-corrected chi connectivity index (χ3v) is 5.30. The van der Waals surface area contributed by atoms with Gasteiger partial charge < -0.3 is 5.73 Å². The molecule has 1 aromatic carbocycles. The Hall–Kier alpha value is -0.620. The fraction of sp³-hybridized carbons (Fsp3) is 0.538. The fourth-order valence-corrected chi connectivity index (χ4v) is 4.18. The smallest absolute Gasteiger partial charge is 0.241 e. The Kier molecular flexibility index (Phi) is 5.80. The van der Waals surface area contributed by atoms with Gasteiger partial charge in [0.15, 0.2) is 0 Å². The van der Waals surface area contributed by atoms with Gasteiger partial charge in [-0.25, -0.2) is 13.1 Å². The predicted molar refractivity (Wildman–Crippen MR) is 78.9 cm³/mol. The highest BCUT2D eigenvalue weighted by atomic mass is 35.5. The molecular weight excluding hydrogens is 284 g/mol. The van der Waals surface area contributed by atoms with Crippen LogP contribution in [0.3, 0.4) is 0 Å². The van der Waals surface area contributed by atoms with Gasteiger partial charge >= 0.3 is 0 Å². The number of nitrogens with one attached hydrogen (secondary N) is 1. The Morgan fingerprint density at radius 1 is 1.32 bits per heavy atom. The maximum atomic E-state index is 12.3. The molecule has 19 heavy (non-hydrogen) atoms. The molecule has 0 heterocycles. The lowest BCUT2D eigenvalue weighted by Gasteiger charge is -2.20. The highest BCUT2D eigenvalue weighted by Crippen LogP contribution is 2.26. The molecule has 0 bridgehead atoms. The van der Waals surface area contributed by atoms with Crippen molar-refractivity contribution in [2.75, 3.05) is 6.54 Å². The zero-order valence-corrected chi connectivity index (χ0v) is 12.6.